The molecule has 0 bridgehead atoms. The van der Waals surface area contributed by atoms with Gasteiger partial charge in [-0.25, -0.2) is 16.8 Å². The Labute approximate surface area is 236 Å². The van der Waals surface area contributed by atoms with Gasteiger partial charge in [0.2, 0.25) is 20.0 Å². The van der Waals surface area contributed by atoms with Crippen LogP contribution in [0.15, 0.2) is 58.3 Å². The van der Waals surface area contributed by atoms with E-state index in [0.717, 1.165) is 12.8 Å². The van der Waals surface area contributed by atoms with Gasteiger partial charge in [-0.2, -0.15) is 8.61 Å². The van der Waals surface area contributed by atoms with Crippen molar-refractivity contribution in [3.8, 4) is 0 Å². The van der Waals surface area contributed by atoms with Gasteiger partial charge in [0.25, 0.3) is 0 Å². The molecule has 2 heterocycles. The molecule has 2 aliphatic rings. The van der Waals surface area contributed by atoms with E-state index < -0.39 is 20.0 Å². The number of hydrogen-bond donors (Lipinski definition) is 1. The van der Waals surface area contributed by atoms with Gasteiger partial charge in [-0.05, 0) is 74.9 Å². The van der Waals surface area contributed by atoms with Crippen LogP contribution in [0, 0.1) is 11.8 Å². The largest absolute Gasteiger partial charge is 0.466 e. The smallest absolute Gasteiger partial charge is 0.309 e. The summed E-state index contributed by atoms with van der Waals surface area (Å²) in [5, 5.41) is 2.99. The van der Waals surface area contributed by atoms with Gasteiger partial charge in [0.1, 0.15) is 0 Å². The Morgan fingerprint density at radius 3 is 2.02 bits per heavy atom. The fourth-order valence-electron chi connectivity index (χ4n) is 4.97. The number of hydrogen-bond acceptors (Lipinski definition) is 8. The molecule has 0 unspecified atom stereocenters. The highest BCUT2D eigenvalue weighted by atomic mass is 32.2. The molecule has 218 valence electrons. The van der Waals surface area contributed by atoms with Gasteiger partial charge in [-0.1, -0.05) is 19.1 Å². The van der Waals surface area contributed by atoms with Gasteiger partial charge in [0.15, 0.2) is 5.78 Å². The van der Waals surface area contributed by atoms with Gasteiger partial charge in [-0.3, -0.25) is 9.59 Å². The van der Waals surface area contributed by atoms with Crippen LogP contribution >= 0.6 is 0 Å². The molecule has 0 amide bonds. The summed E-state index contributed by atoms with van der Waals surface area (Å²) in [5.74, 6) is -0.399. The SMILES string of the molecule is CCOC(=O)C1CCN(S(=O)(=O)c2cccc(C(=O)CNc3ccc(S(=O)(=O)N4CCC(C)CC4)cc3)c2)CC1. The Morgan fingerprint density at radius 2 is 1.43 bits per heavy atom. The lowest BCUT2D eigenvalue weighted by Gasteiger charge is -2.30. The molecular weight excluding hydrogens is 554 g/mol. The van der Waals surface area contributed by atoms with Crippen molar-refractivity contribution in [1.29, 1.82) is 0 Å². The van der Waals surface area contributed by atoms with Crippen LogP contribution in [0.2, 0.25) is 0 Å². The third kappa shape index (κ3) is 6.91. The van der Waals surface area contributed by atoms with Crippen molar-refractivity contribution in [2.24, 2.45) is 11.8 Å². The maximum Gasteiger partial charge on any atom is 0.309 e. The summed E-state index contributed by atoms with van der Waals surface area (Å²) in [6.07, 6.45) is 2.46. The molecule has 2 saturated heterocycles. The van der Waals surface area contributed by atoms with E-state index in [1.54, 1.807) is 25.1 Å². The number of carbonyl (C=O) groups is 2. The normalized spacial score (nSPS) is 18.4. The Bertz CT molecular complexity index is 1410. The molecule has 2 fully saturated rings. The molecule has 40 heavy (non-hydrogen) atoms. The third-order valence-electron chi connectivity index (χ3n) is 7.56. The number of benzene rings is 2. The van der Waals surface area contributed by atoms with Crippen molar-refractivity contribution in [2.45, 2.75) is 49.3 Å². The molecule has 1 N–H and O–H groups in total. The second-order valence-electron chi connectivity index (χ2n) is 10.3. The van der Waals surface area contributed by atoms with E-state index >= 15 is 0 Å². The van der Waals surface area contributed by atoms with Gasteiger partial charge in [0, 0.05) is 37.4 Å². The first-order valence-electron chi connectivity index (χ1n) is 13.7. The summed E-state index contributed by atoms with van der Waals surface area (Å²) >= 11 is 0. The van der Waals surface area contributed by atoms with Crippen molar-refractivity contribution in [2.75, 3.05) is 44.6 Å². The number of esters is 1. The van der Waals surface area contributed by atoms with Crippen LogP contribution < -0.4 is 5.32 Å². The average Bonchev–Trinajstić information content (AvgIpc) is 2.96. The van der Waals surface area contributed by atoms with Crippen LogP contribution in [0.5, 0.6) is 0 Å². The summed E-state index contributed by atoms with van der Waals surface area (Å²) in [7, 11) is -7.39. The van der Waals surface area contributed by atoms with E-state index in [0.29, 0.717) is 44.1 Å². The molecule has 2 aliphatic heterocycles. The minimum atomic E-state index is -3.83. The first-order chi connectivity index (χ1) is 19.0. The van der Waals surface area contributed by atoms with Crippen molar-refractivity contribution in [1.82, 2.24) is 8.61 Å². The van der Waals surface area contributed by atoms with E-state index in [2.05, 4.69) is 12.2 Å². The molecule has 10 nitrogen and oxygen atoms in total. The third-order valence-corrected chi connectivity index (χ3v) is 11.4. The highest BCUT2D eigenvalue weighted by Gasteiger charge is 2.33. The lowest BCUT2D eigenvalue weighted by Crippen LogP contribution is -2.40. The number of sulfonamides is 2. The molecule has 0 spiro atoms. The average molecular weight is 592 g/mol. The van der Waals surface area contributed by atoms with Crippen LogP contribution in [0.1, 0.15) is 49.9 Å². The lowest BCUT2D eigenvalue weighted by atomic mass is 9.98. The molecule has 0 saturated carbocycles. The maximum absolute atomic E-state index is 13.2. The Balaban J connectivity index is 1.35. The molecule has 0 atom stereocenters. The van der Waals surface area contributed by atoms with Crippen LogP contribution in [0.3, 0.4) is 0 Å². The van der Waals surface area contributed by atoms with E-state index in [4.69, 9.17) is 4.74 Å². The van der Waals surface area contributed by atoms with Gasteiger partial charge < -0.3 is 10.1 Å². The Kier molecular flexibility index (Phi) is 9.65. The fraction of sp³-hybridized carbons (Fsp3) is 0.500. The zero-order chi connectivity index (χ0) is 28.9. The van der Waals surface area contributed by atoms with Crippen molar-refractivity contribution in [3.05, 3.63) is 54.1 Å². The first kappa shape index (κ1) is 30.2. The topological polar surface area (TPSA) is 130 Å². The number of rotatable bonds is 10. The number of ketones is 1. The number of nitrogens with one attached hydrogen (secondary N) is 1. The second kappa shape index (κ2) is 12.8. The van der Waals surface area contributed by atoms with Gasteiger partial charge in [0.05, 0.1) is 28.9 Å². The predicted octanol–water partition coefficient (Wildman–Crippen LogP) is 3.37. The number of nitrogens with zero attached hydrogens (tertiary/aromatic N) is 2. The van der Waals surface area contributed by atoms with Crippen LogP contribution in [-0.4, -0.2) is 76.5 Å². The van der Waals surface area contributed by atoms with Crippen molar-refractivity contribution in [3.63, 3.8) is 0 Å². The highest BCUT2D eigenvalue weighted by molar-refractivity contribution is 7.89. The molecule has 0 aromatic heterocycles. The standard InChI is InChI=1S/C28H37N3O7S2/c1-3-38-28(33)22-13-17-31(18-14-22)40(36,37)26-6-4-5-23(19-26)27(32)20-29-24-7-9-25(10-8-24)39(34,35)30-15-11-21(2)12-16-30/h4-10,19,21-22,29H,3,11-18,20H2,1-2H3. The van der Waals surface area contributed by atoms with Crippen LogP contribution in [-0.2, 0) is 29.6 Å². The van der Waals surface area contributed by atoms with E-state index in [9.17, 15) is 26.4 Å². The fourth-order valence-corrected chi connectivity index (χ4v) is 7.96. The number of ether oxygens (including phenoxy) is 1. The summed E-state index contributed by atoms with van der Waals surface area (Å²) in [4.78, 5) is 25.1. The number of anilines is 1. The number of carbonyl (C=O) groups excluding carboxylic acids is 2. The maximum atomic E-state index is 13.2. The Hall–Kier alpha value is -2.80. The van der Waals surface area contributed by atoms with E-state index in [-0.39, 0.29) is 52.7 Å². The molecule has 0 aliphatic carbocycles. The van der Waals surface area contributed by atoms with Crippen molar-refractivity contribution < 1.29 is 31.2 Å². The quantitative estimate of drug-likeness (QED) is 0.329. The zero-order valence-electron chi connectivity index (χ0n) is 22.9. The summed E-state index contributed by atoms with van der Waals surface area (Å²) in [6, 6.07) is 12.2. The lowest BCUT2D eigenvalue weighted by molar-refractivity contribution is -0.149. The molecule has 2 aromatic carbocycles. The number of Topliss-reactive ketones (excluding diaryl/α,β-unsaturated/α-hetero) is 1. The molecule has 2 aromatic rings. The summed E-state index contributed by atoms with van der Waals surface area (Å²) in [6.45, 7) is 5.49. The molecule has 0 radical (unpaired) electrons. The number of piperidine rings is 2. The monoisotopic (exact) mass is 591 g/mol. The van der Waals surface area contributed by atoms with Crippen LogP contribution in [0.4, 0.5) is 5.69 Å². The minimum absolute atomic E-state index is 0.0228. The second-order valence-corrected chi connectivity index (χ2v) is 14.2. The first-order valence-corrected chi connectivity index (χ1v) is 16.5. The highest BCUT2D eigenvalue weighted by Crippen LogP contribution is 2.26. The Morgan fingerprint density at radius 1 is 0.850 bits per heavy atom. The summed E-state index contributed by atoms with van der Waals surface area (Å²) < 4.78 is 60.2. The van der Waals surface area contributed by atoms with Gasteiger partial charge >= 0.3 is 5.97 Å². The van der Waals surface area contributed by atoms with Crippen LogP contribution in [0.25, 0.3) is 0 Å². The minimum Gasteiger partial charge on any atom is -0.466 e. The zero-order valence-corrected chi connectivity index (χ0v) is 24.5. The molecule has 4 rings (SSSR count). The van der Waals surface area contributed by atoms with E-state index in [1.165, 1.54) is 38.9 Å². The van der Waals surface area contributed by atoms with E-state index in [1.807, 2.05) is 0 Å². The van der Waals surface area contributed by atoms with Crippen molar-refractivity contribution >= 4 is 37.5 Å². The predicted molar refractivity (Wildman–Crippen MR) is 151 cm³/mol. The van der Waals surface area contributed by atoms with Gasteiger partial charge in [-0.15, -0.1) is 0 Å². The summed E-state index contributed by atoms with van der Waals surface area (Å²) in [5.41, 5.74) is 0.821. The molecule has 12 heteroatoms. The molecular formula is C28H37N3O7S2.